The molecule has 0 spiro atoms. The molecule has 0 fully saturated rings. The highest BCUT2D eigenvalue weighted by Crippen LogP contribution is 2.12. The lowest BCUT2D eigenvalue weighted by Gasteiger charge is -2.11. The molecule has 0 aliphatic carbocycles. The minimum atomic E-state index is -1.18. The molecule has 6 nitrogen and oxygen atoms in total. The number of rotatable bonds is 7. The molecule has 0 heterocycles. The summed E-state index contributed by atoms with van der Waals surface area (Å²) in [4.78, 5) is 22.4. The van der Waals surface area contributed by atoms with Gasteiger partial charge in [-0.2, -0.15) is 0 Å². The maximum absolute atomic E-state index is 11.6. The number of carbonyl (C=O) groups excluding carboxylic acids is 1. The predicted molar refractivity (Wildman–Crippen MR) is 73.3 cm³/mol. The van der Waals surface area contributed by atoms with Gasteiger partial charge in [0.15, 0.2) is 0 Å². The third-order valence-electron chi connectivity index (χ3n) is 2.58. The van der Waals surface area contributed by atoms with Gasteiger partial charge in [-0.05, 0) is 23.8 Å². The number of carbonyl (C=O) groups is 2. The molecular weight excluding hydrogens is 262 g/mol. The predicted octanol–water partition coefficient (Wildman–Crippen LogP) is 0.660. The molecule has 0 aliphatic heterocycles. The molecule has 0 aliphatic rings. The molecule has 6 heteroatoms. The van der Waals surface area contributed by atoms with E-state index in [-0.39, 0.29) is 13.0 Å². The molecule has 20 heavy (non-hydrogen) atoms. The smallest absolute Gasteiger partial charge is 0.326 e. The Bertz CT molecular complexity index is 481. The van der Waals surface area contributed by atoms with E-state index in [1.165, 1.54) is 6.08 Å². The van der Waals surface area contributed by atoms with Crippen molar-refractivity contribution in [2.75, 3.05) is 13.7 Å². The van der Waals surface area contributed by atoms with Crippen LogP contribution in [0.25, 0.3) is 6.08 Å². The van der Waals surface area contributed by atoms with E-state index in [0.29, 0.717) is 5.75 Å². The number of hydrogen-bond acceptors (Lipinski definition) is 4. The monoisotopic (exact) mass is 279 g/mol. The van der Waals surface area contributed by atoms with E-state index in [4.69, 9.17) is 14.9 Å². The molecule has 0 bridgehead atoms. The van der Waals surface area contributed by atoms with Crippen LogP contribution in [0.4, 0.5) is 0 Å². The molecule has 3 N–H and O–H groups in total. The molecule has 1 unspecified atom stereocenters. The normalized spacial score (nSPS) is 12.1. The number of amides is 1. The molecule has 1 aromatic rings. The summed E-state index contributed by atoms with van der Waals surface area (Å²) in [5.74, 6) is -0.993. The van der Waals surface area contributed by atoms with E-state index in [1.54, 1.807) is 37.5 Å². The average Bonchev–Trinajstić information content (AvgIpc) is 2.45. The molecule has 1 rings (SSSR count). The summed E-state index contributed by atoms with van der Waals surface area (Å²) >= 11 is 0. The minimum absolute atomic E-state index is 0.0303. The van der Waals surface area contributed by atoms with E-state index in [2.05, 4.69) is 5.32 Å². The van der Waals surface area contributed by atoms with Crippen molar-refractivity contribution >= 4 is 18.0 Å². The summed E-state index contributed by atoms with van der Waals surface area (Å²) in [6.07, 6.45) is 2.78. The fourth-order valence-electron chi connectivity index (χ4n) is 1.49. The Hall–Kier alpha value is -2.34. The highest BCUT2D eigenvalue weighted by atomic mass is 16.5. The van der Waals surface area contributed by atoms with Gasteiger partial charge in [0.25, 0.3) is 0 Å². The number of aliphatic hydroxyl groups is 1. The number of aliphatic carboxylic acids is 1. The quantitative estimate of drug-likeness (QED) is 0.637. The van der Waals surface area contributed by atoms with Crippen molar-refractivity contribution in [3.63, 3.8) is 0 Å². The van der Waals surface area contributed by atoms with Gasteiger partial charge in [-0.25, -0.2) is 4.79 Å². The van der Waals surface area contributed by atoms with Gasteiger partial charge < -0.3 is 20.3 Å². The summed E-state index contributed by atoms with van der Waals surface area (Å²) in [7, 11) is 1.56. The van der Waals surface area contributed by atoms with Crippen molar-refractivity contribution in [2.24, 2.45) is 0 Å². The van der Waals surface area contributed by atoms with Gasteiger partial charge in [0.05, 0.1) is 7.11 Å². The topological polar surface area (TPSA) is 95.9 Å². The zero-order chi connectivity index (χ0) is 15.0. The molecule has 1 atom stereocenters. The second kappa shape index (κ2) is 7.96. The van der Waals surface area contributed by atoms with Crippen LogP contribution in [0.15, 0.2) is 30.3 Å². The van der Waals surface area contributed by atoms with Gasteiger partial charge in [0.2, 0.25) is 5.91 Å². The second-order valence-electron chi connectivity index (χ2n) is 4.02. The molecule has 1 amide bonds. The van der Waals surface area contributed by atoms with Crippen molar-refractivity contribution in [2.45, 2.75) is 12.5 Å². The zero-order valence-corrected chi connectivity index (χ0v) is 11.1. The number of methoxy groups -OCH3 is 1. The highest BCUT2D eigenvalue weighted by molar-refractivity contribution is 5.94. The van der Waals surface area contributed by atoms with Crippen LogP contribution in [0.2, 0.25) is 0 Å². The molecule has 0 radical (unpaired) electrons. The van der Waals surface area contributed by atoms with Crippen LogP contribution in [-0.2, 0) is 9.59 Å². The number of nitrogens with one attached hydrogen (secondary N) is 1. The Balaban J connectivity index is 2.59. The van der Waals surface area contributed by atoms with Crippen LogP contribution in [0, 0.1) is 0 Å². The molecule has 108 valence electrons. The van der Waals surface area contributed by atoms with Gasteiger partial charge in [-0.15, -0.1) is 0 Å². The van der Waals surface area contributed by atoms with Crippen LogP contribution in [-0.4, -0.2) is 41.8 Å². The van der Waals surface area contributed by atoms with Gasteiger partial charge >= 0.3 is 5.97 Å². The van der Waals surface area contributed by atoms with Crippen molar-refractivity contribution in [1.29, 1.82) is 0 Å². The van der Waals surface area contributed by atoms with Crippen molar-refractivity contribution in [3.05, 3.63) is 35.9 Å². The summed E-state index contributed by atoms with van der Waals surface area (Å²) in [5, 5.41) is 19.8. The third-order valence-corrected chi connectivity index (χ3v) is 2.58. The van der Waals surface area contributed by atoms with Crippen molar-refractivity contribution < 1.29 is 24.5 Å². The fraction of sp³-hybridized carbons (Fsp3) is 0.286. The zero-order valence-electron chi connectivity index (χ0n) is 11.1. The first-order chi connectivity index (χ1) is 9.56. The minimum Gasteiger partial charge on any atom is -0.497 e. The van der Waals surface area contributed by atoms with Crippen LogP contribution >= 0.6 is 0 Å². The van der Waals surface area contributed by atoms with E-state index in [0.717, 1.165) is 5.56 Å². The molecule has 0 saturated heterocycles. The Labute approximate surface area is 116 Å². The number of benzene rings is 1. The summed E-state index contributed by atoms with van der Waals surface area (Å²) in [5.41, 5.74) is 0.787. The Morgan fingerprint density at radius 3 is 2.50 bits per heavy atom. The largest absolute Gasteiger partial charge is 0.497 e. The SMILES string of the molecule is COc1ccc(C=CC(=O)NC(CCO)C(=O)O)cc1. The average molecular weight is 279 g/mol. The maximum atomic E-state index is 11.6. The first-order valence-electron chi connectivity index (χ1n) is 6.03. The van der Waals surface area contributed by atoms with Gasteiger partial charge in [0, 0.05) is 19.1 Å². The van der Waals surface area contributed by atoms with E-state index < -0.39 is 17.9 Å². The number of carboxylic acid groups (broad SMARTS) is 1. The Morgan fingerprint density at radius 2 is 2.00 bits per heavy atom. The van der Waals surface area contributed by atoms with Crippen molar-refractivity contribution in [1.82, 2.24) is 5.32 Å². The Kier molecular flexibility index (Phi) is 6.25. The van der Waals surface area contributed by atoms with Gasteiger partial charge in [0.1, 0.15) is 11.8 Å². The lowest BCUT2D eigenvalue weighted by molar-refractivity contribution is -0.141. The van der Waals surface area contributed by atoms with Crippen LogP contribution in [0.3, 0.4) is 0 Å². The van der Waals surface area contributed by atoms with Crippen molar-refractivity contribution in [3.8, 4) is 5.75 Å². The van der Waals surface area contributed by atoms with Crippen LogP contribution in [0.1, 0.15) is 12.0 Å². The summed E-state index contributed by atoms with van der Waals surface area (Å²) in [6, 6.07) is 5.95. The lowest BCUT2D eigenvalue weighted by atomic mass is 10.2. The van der Waals surface area contributed by atoms with E-state index >= 15 is 0 Å². The molecular formula is C14H17NO5. The van der Waals surface area contributed by atoms with E-state index in [9.17, 15) is 9.59 Å². The summed E-state index contributed by atoms with van der Waals surface area (Å²) < 4.78 is 5.01. The molecule has 0 saturated carbocycles. The molecule has 0 aromatic heterocycles. The number of hydrogen-bond donors (Lipinski definition) is 3. The maximum Gasteiger partial charge on any atom is 0.326 e. The van der Waals surface area contributed by atoms with Crippen LogP contribution in [0.5, 0.6) is 5.75 Å². The number of carboxylic acids is 1. The summed E-state index contributed by atoms with van der Waals surface area (Å²) in [6.45, 7) is -0.306. The number of ether oxygens (including phenoxy) is 1. The van der Waals surface area contributed by atoms with Crippen LogP contribution < -0.4 is 10.1 Å². The highest BCUT2D eigenvalue weighted by Gasteiger charge is 2.17. The second-order valence-corrected chi connectivity index (χ2v) is 4.02. The Morgan fingerprint density at radius 1 is 1.35 bits per heavy atom. The number of aliphatic hydroxyl groups excluding tert-OH is 1. The first kappa shape index (κ1) is 15.7. The van der Waals surface area contributed by atoms with Gasteiger partial charge in [-0.1, -0.05) is 12.1 Å². The fourth-order valence-corrected chi connectivity index (χ4v) is 1.49. The standard InChI is InChI=1S/C14H17NO5/c1-20-11-5-2-10(3-6-11)4-7-13(17)15-12(8-9-16)14(18)19/h2-7,12,16H,8-9H2,1H3,(H,15,17)(H,18,19). The van der Waals surface area contributed by atoms with Gasteiger partial charge in [-0.3, -0.25) is 4.79 Å². The third kappa shape index (κ3) is 5.11. The lowest BCUT2D eigenvalue weighted by Crippen LogP contribution is -2.40. The van der Waals surface area contributed by atoms with E-state index in [1.807, 2.05) is 0 Å². The molecule has 1 aromatic carbocycles. The first-order valence-corrected chi connectivity index (χ1v) is 6.03.